The van der Waals surface area contributed by atoms with Crippen LogP contribution in [0.1, 0.15) is 28.4 Å². The second-order valence-electron chi connectivity index (χ2n) is 8.96. The van der Waals surface area contributed by atoms with E-state index in [-0.39, 0.29) is 0 Å². The first-order valence-electron chi connectivity index (χ1n) is 11.5. The fourth-order valence-electron chi connectivity index (χ4n) is 4.63. The summed E-state index contributed by atoms with van der Waals surface area (Å²) in [6, 6.07) is 21.6. The maximum Gasteiger partial charge on any atom is 0.113 e. The van der Waals surface area contributed by atoms with Crippen molar-refractivity contribution in [1.29, 1.82) is 0 Å². The molecule has 8 heteroatoms. The van der Waals surface area contributed by atoms with Crippen LogP contribution in [0.2, 0.25) is 5.02 Å². The lowest BCUT2D eigenvalue weighted by Crippen LogP contribution is -2.55. The Morgan fingerprint density at radius 2 is 1.69 bits per heavy atom. The smallest absolute Gasteiger partial charge is 0.113 e. The van der Waals surface area contributed by atoms with E-state index in [1.165, 1.54) is 5.56 Å². The quantitative estimate of drug-likeness (QED) is 0.328. The van der Waals surface area contributed by atoms with E-state index in [0.29, 0.717) is 23.6 Å². The highest BCUT2D eigenvalue weighted by Crippen LogP contribution is 2.34. The average molecular weight is 495 g/mol. The number of rotatable bonds is 6. The summed E-state index contributed by atoms with van der Waals surface area (Å²) in [5.41, 5.74) is 4.71. The fraction of sp³-hybridized carbons (Fsp3) is 0.296. The van der Waals surface area contributed by atoms with E-state index < -0.39 is 37.1 Å². The van der Waals surface area contributed by atoms with E-state index in [1.807, 2.05) is 41.2 Å². The Hall–Kier alpha value is -2.78. The van der Waals surface area contributed by atoms with Crippen LogP contribution < -0.4 is 0 Å². The zero-order valence-electron chi connectivity index (χ0n) is 18.9. The van der Waals surface area contributed by atoms with Crippen LogP contribution in [-0.2, 0) is 17.7 Å². The number of benzene rings is 3. The Balaban J connectivity index is 1.38. The highest BCUT2D eigenvalue weighted by Gasteiger charge is 2.44. The zero-order valence-corrected chi connectivity index (χ0v) is 19.7. The number of hydrogen-bond acceptors (Lipinski definition) is 6. The molecule has 2 heterocycles. The van der Waals surface area contributed by atoms with Gasteiger partial charge in [0, 0.05) is 10.4 Å². The molecule has 182 valence electrons. The molecule has 0 aliphatic carbocycles. The molecular formula is C27H27ClN2O5. The fourth-order valence-corrected chi connectivity index (χ4v) is 4.82. The normalized spacial score (nSPS) is 24.7. The van der Waals surface area contributed by atoms with Crippen LogP contribution in [0.15, 0.2) is 72.9 Å². The highest BCUT2D eigenvalue weighted by molar-refractivity contribution is 6.31. The van der Waals surface area contributed by atoms with Gasteiger partial charge in [0.05, 0.1) is 24.9 Å². The second kappa shape index (κ2) is 10.1. The van der Waals surface area contributed by atoms with Gasteiger partial charge in [-0.25, -0.2) is 0 Å². The van der Waals surface area contributed by atoms with Crippen LogP contribution in [-0.4, -0.2) is 61.2 Å². The van der Waals surface area contributed by atoms with Gasteiger partial charge in [0.25, 0.3) is 0 Å². The van der Waals surface area contributed by atoms with Crippen LogP contribution in [0.3, 0.4) is 0 Å². The summed E-state index contributed by atoms with van der Waals surface area (Å²) in [4.78, 5) is 0. The molecule has 5 rings (SSSR count). The monoisotopic (exact) mass is 494 g/mol. The Kier molecular flexibility index (Phi) is 6.88. The summed E-state index contributed by atoms with van der Waals surface area (Å²) in [5.74, 6) is 0. The van der Waals surface area contributed by atoms with E-state index >= 15 is 0 Å². The van der Waals surface area contributed by atoms with Crippen molar-refractivity contribution in [3.63, 3.8) is 0 Å². The molecule has 0 saturated carbocycles. The largest absolute Gasteiger partial charge is 0.394 e. The van der Waals surface area contributed by atoms with Crippen LogP contribution in [0, 0.1) is 0 Å². The zero-order chi connectivity index (χ0) is 24.5. The second-order valence-corrected chi connectivity index (χ2v) is 9.37. The molecule has 1 aliphatic rings. The number of aliphatic hydroxyl groups is 4. The Morgan fingerprint density at radius 1 is 0.886 bits per heavy atom. The average Bonchev–Trinajstić information content (AvgIpc) is 3.27. The third-order valence-electron chi connectivity index (χ3n) is 6.57. The molecule has 7 nitrogen and oxygen atoms in total. The van der Waals surface area contributed by atoms with Gasteiger partial charge in [-0.05, 0) is 46.9 Å². The van der Waals surface area contributed by atoms with Gasteiger partial charge in [0.15, 0.2) is 0 Å². The van der Waals surface area contributed by atoms with Crippen molar-refractivity contribution in [2.24, 2.45) is 0 Å². The lowest BCUT2D eigenvalue weighted by Gasteiger charge is -2.40. The summed E-state index contributed by atoms with van der Waals surface area (Å²) in [6.45, 7) is 0.219. The van der Waals surface area contributed by atoms with Crippen molar-refractivity contribution < 1.29 is 25.2 Å². The topological polar surface area (TPSA) is 108 Å². The summed E-state index contributed by atoms with van der Waals surface area (Å²) < 4.78 is 7.68. The van der Waals surface area contributed by atoms with Gasteiger partial charge in [-0.15, -0.1) is 0 Å². The lowest BCUT2D eigenvalue weighted by molar-refractivity contribution is -0.231. The molecule has 1 aliphatic heterocycles. The summed E-state index contributed by atoms with van der Waals surface area (Å²) >= 11 is 6.49. The number of aromatic nitrogens is 2. The molecule has 0 amide bonds. The number of hydrogen-bond donors (Lipinski definition) is 4. The molecule has 0 spiro atoms. The van der Waals surface area contributed by atoms with Crippen LogP contribution in [0.5, 0.6) is 0 Å². The van der Waals surface area contributed by atoms with Gasteiger partial charge in [0.1, 0.15) is 30.5 Å². The van der Waals surface area contributed by atoms with E-state index in [0.717, 1.165) is 22.0 Å². The van der Waals surface area contributed by atoms with E-state index in [1.54, 1.807) is 12.1 Å². The van der Waals surface area contributed by atoms with Crippen LogP contribution in [0.25, 0.3) is 10.9 Å². The molecule has 1 saturated heterocycles. The van der Waals surface area contributed by atoms with E-state index in [2.05, 4.69) is 29.4 Å². The maximum absolute atomic E-state index is 10.5. The maximum atomic E-state index is 10.5. The minimum absolute atomic E-state index is 0.472. The van der Waals surface area contributed by atoms with Crippen molar-refractivity contribution >= 4 is 22.5 Å². The van der Waals surface area contributed by atoms with Gasteiger partial charge in [-0.2, -0.15) is 5.10 Å². The number of ether oxygens (including phenoxy) is 1. The Morgan fingerprint density at radius 3 is 2.46 bits per heavy atom. The molecule has 4 N–H and O–H groups in total. The molecule has 1 fully saturated rings. The molecule has 4 aromatic rings. The van der Waals surface area contributed by atoms with E-state index in [9.17, 15) is 20.4 Å². The summed E-state index contributed by atoms with van der Waals surface area (Å²) in [5, 5.41) is 46.3. The molecule has 5 atom stereocenters. The Labute approximate surface area is 207 Å². The number of halogens is 1. The van der Waals surface area contributed by atoms with Crippen molar-refractivity contribution in [2.45, 2.75) is 43.5 Å². The van der Waals surface area contributed by atoms with E-state index in [4.69, 9.17) is 16.3 Å². The lowest BCUT2D eigenvalue weighted by atomic mass is 9.90. The Bertz CT molecular complexity index is 1310. The minimum Gasteiger partial charge on any atom is -0.394 e. The van der Waals surface area contributed by atoms with Crippen molar-refractivity contribution in [3.8, 4) is 0 Å². The molecular weight excluding hydrogens is 468 g/mol. The highest BCUT2D eigenvalue weighted by atomic mass is 35.5. The van der Waals surface area contributed by atoms with Gasteiger partial charge >= 0.3 is 0 Å². The molecule has 35 heavy (non-hydrogen) atoms. The van der Waals surface area contributed by atoms with Gasteiger partial charge in [0.2, 0.25) is 0 Å². The van der Waals surface area contributed by atoms with Crippen molar-refractivity contribution in [1.82, 2.24) is 9.78 Å². The molecule has 0 radical (unpaired) electrons. The number of fused-ring (bicyclic) bond motifs is 1. The van der Waals surface area contributed by atoms with Crippen LogP contribution >= 0.6 is 11.6 Å². The first kappa shape index (κ1) is 23.9. The molecule has 3 aromatic carbocycles. The van der Waals surface area contributed by atoms with Crippen molar-refractivity contribution in [3.05, 3.63) is 100 Å². The molecule has 5 unspecified atom stereocenters. The van der Waals surface area contributed by atoms with Gasteiger partial charge in [-0.3, -0.25) is 4.68 Å². The predicted molar refractivity (Wildman–Crippen MR) is 132 cm³/mol. The first-order valence-corrected chi connectivity index (χ1v) is 11.9. The number of aliphatic hydroxyl groups excluding tert-OH is 4. The SMILES string of the molecule is OCC1OC(c2ccc(Cl)c(Cc3ccc4c(cnn4Cc4ccccc4)c3)c2)C(O)C(O)C1O. The third-order valence-corrected chi connectivity index (χ3v) is 6.94. The summed E-state index contributed by atoms with van der Waals surface area (Å²) in [6.07, 6.45) is -3.63. The third kappa shape index (κ3) is 4.84. The molecule has 1 aromatic heterocycles. The molecule has 0 bridgehead atoms. The van der Waals surface area contributed by atoms with Crippen LogP contribution in [0.4, 0.5) is 0 Å². The predicted octanol–water partition coefficient (Wildman–Crippen LogP) is 2.84. The standard InChI is InChI=1S/C27H27ClN2O5/c28-21-8-7-18(27-26(34)25(33)24(32)23(15-31)35-27)12-19(21)10-17-6-9-22-20(11-17)13-29-30(22)14-16-4-2-1-3-5-16/h1-9,11-13,23-27,31-34H,10,14-15H2. The summed E-state index contributed by atoms with van der Waals surface area (Å²) in [7, 11) is 0. The minimum atomic E-state index is -1.43. The first-order chi connectivity index (χ1) is 16.9. The van der Waals surface area contributed by atoms with Gasteiger partial charge < -0.3 is 25.2 Å². The van der Waals surface area contributed by atoms with Crippen molar-refractivity contribution in [2.75, 3.05) is 6.61 Å². The van der Waals surface area contributed by atoms with Gasteiger partial charge in [-0.1, -0.05) is 60.1 Å². The number of nitrogens with zero attached hydrogens (tertiary/aromatic N) is 2.